The number of benzene rings is 2. The Bertz CT molecular complexity index is 477. The van der Waals surface area contributed by atoms with E-state index >= 15 is 0 Å². The second kappa shape index (κ2) is 5.99. The molecule has 0 amide bonds. The molecule has 0 fully saturated rings. The lowest BCUT2D eigenvalue weighted by atomic mass is 10.00. The van der Waals surface area contributed by atoms with Crippen LogP contribution >= 0.6 is 15.9 Å². The van der Waals surface area contributed by atoms with Crippen LogP contribution in [0.25, 0.3) is 11.1 Å². The van der Waals surface area contributed by atoms with Gasteiger partial charge in [-0.25, -0.2) is 0 Å². The smallest absolute Gasteiger partial charge is 0.0211 e. The van der Waals surface area contributed by atoms with Crippen molar-refractivity contribution in [1.29, 1.82) is 0 Å². The Morgan fingerprint density at radius 3 is 2.41 bits per heavy atom. The number of hydrogen-bond acceptors (Lipinski definition) is 1. The molecule has 17 heavy (non-hydrogen) atoms. The zero-order valence-electron chi connectivity index (χ0n) is 9.91. The van der Waals surface area contributed by atoms with E-state index in [-0.39, 0.29) is 0 Å². The van der Waals surface area contributed by atoms with Gasteiger partial charge < -0.3 is 5.32 Å². The van der Waals surface area contributed by atoms with Crippen molar-refractivity contribution in [3.05, 3.63) is 58.6 Å². The molecular weight excluding hydrogens is 274 g/mol. The summed E-state index contributed by atoms with van der Waals surface area (Å²) >= 11 is 3.47. The molecule has 0 spiro atoms. The van der Waals surface area contributed by atoms with Gasteiger partial charge in [0.1, 0.15) is 0 Å². The second-order valence-electron chi connectivity index (χ2n) is 3.94. The minimum absolute atomic E-state index is 0.919. The third-order valence-electron chi connectivity index (χ3n) is 2.74. The summed E-state index contributed by atoms with van der Waals surface area (Å²) in [5, 5.41) is 3.38. The fraction of sp³-hybridized carbons (Fsp3) is 0.200. The van der Waals surface area contributed by atoms with Crippen molar-refractivity contribution in [1.82, 2.24) is 5.32 Å². The van der Waals surface area contributed by atoms with Crippen molar-refractivity contribution in [2.45, 2.75) is 13.5 Å². The summed E-state index contributed by atoms with van der Waals surface area (Å²) in [5.41, 5.74) is 3.92. The van der Waals surface area contributed by atoms with Gasteiger partial charge in [0.05, 0.1) is 0 Å². The van der Waals surface area contributed by atoms with E-state index < -0.39 is 0 Å². The molecule has 0 radical (unpaired) electrons. The molecule has 0 aromatic heterocycles. The van der Waals surface area contributed by atoms with Gasteiger partial charge in [-0.2, -0.15) is 0 Å². The first-order valence-electron chi connectivity index (χ1n) is 5.86. The van der Waals surface area contributed by atoms with Crippen LogP contribution in [0.1, 0.15) is 12.5 Å². The van der Waals surface area contributed by atoms with Crippen molar-refractivity contribution in [2.24, 2.45) is 0 Å². The number of nitrogens with one attached hydrogen (secondary N) is 1. The molecule has 0 heterocycles. The van der Waals surface area contributed by atoms with E-state index in [0.29, 0.717) is 0 Å². The van der Waals surface area contributed by atoms with E-state index in [2.05, 4.69) is 76.7 Å². The van der Waals surface area contributed by atoms with Crippen LogP contribution in [0.15, 0.2) is 53.0 Å². The van der Waals surface area contributed by atoms with Gasteiger partial charge in [-0.1, -0.05) is 59.3 Å². The van der Waals surface area contributed by atoms with Gasteiger partial charge in [0.15, 0.2) is 0 Å². The molecule has 0 aliphatic rings. The van der Waals surface area contributed by atoms with Gasteiger partial charge in [0.25, 0.3) is 0 Å². The van der Waals surface area contributed by atoms with Crippen molar-refractivity contribution < 1.29 is 0 Å². The largest absolute Gasteiger partial charge is 0.313 e. The Morgan fingerprint density at radius 1 is 1.00 bits per heavy atom. The summed E-state index contributed by atoms with van der Waals surface area (Å²) in [5.74, 6) is 0. The summed E-state index contributed by atoms with van der Waals surface area (Å²) in [7, 11) is 0. The maximum Gasteiger partial charge on any atom is 0.0211 e. The minimum atomic E-state index is 0.919. The zero-order valence-corrected chi connectivity index (χ0v) is 11.5. The molecule has 1 nitrogen and oxygen atoms in total. The summed E-state index contributed by atoms with van der Waals surface area (Å²) in [6.45, 7) is 4.04. The molecule has 2 aromatic carbocycles. The summed E-state index contributed by atoms with van der Waals surface area (Å²) in [4.78, 5) is 0. The van der Waals surface area contributed by atoms with Gasteiger partial charge in [-0.3, -0.25) is 0 Å². The van der Waals surface area contributed by atoms with Crippen LogP contribution in [0.2, 0.25) is 0 Å². The van der Waals surface area contributed by atoms with Crippen LogP contribution < -0.4 is 5.32 Å². The van der Waals surface area contributed by atoms with Crippen LogP contribution in [0.3, 0.4) is 0 Å². The fourth-order valence-electron chi connectivity index (χ4n) is 1.85. The quantitative estimate of drug-likeness (QED) is 0.888. The molecule has 2 heteroatoms. The molecular formula is C15H16BrN. The van der Waals surface area contributed by atoms with E-state index in [9.17, 15) is 0 Å². The Balaban J connectivity index is 2.33. The topological polar surface area (TPSA) is 12.0 Å². The Kier molecular flexibility index (Phi) is 4.35. The SMILES string of the molecule is CCNCc1ccccc1-c1ccc(Br)cc1. The molecule has 0 saturated heterocycles. The van der Waals surface area contributed by atoms with Crippen LogP contribution in [0, 0.1) is 0 Å². The van der Waals surface area contributed by atoms with Gasteiger partial charge in [-0.15, -0.1) is 0 Å². The zero-order chi connectivity index (χ0) is 12.1. The molecule has 2 rings (SSSR count). The fourth-order valence-corrected chi connectivity index (χ4v) is 2.11. The molecule has 0 unspecified atom stereocenters. The normalized spacial score (nSPS) is 10.5. The van der Waals surface area contributed by atoms with Crippen molar-refractivity contribution >= 4 is 15.9 Å². The molecule has 0 aliphatic heterocycles. The molecule has 0 atom stereocenters. The maximum absolute atomic E-state index is 3.47. The molecule has 2 aromatic rings. The van der Waals surface area contributed by atoms with Gasteiger partial charge >= 0.3 is 0 Å². The summed E-state index contributed by atoms with van der Waals surface area (Å²) in [6.07, 6.45) is 0. The highest BCUT2D eigenvalue weighted by atomic mass is 79.9. The first-order chi connectivity index (χ1) is 8.31. The van der Waals surface area contributed by atoms with Crippen LogP contribution in [-0.4, -0.2) is 6.54 Å². The Hall–Kier alpha value is -1.12. The molecule has 88 valence electrons. The highest BCUT2D eigenvalue weighted by Crippen LogP contribution is 2.25. The lowest BCUT2D eigenvalue weighted by Crippen LogP contribution is -2.12. The first kappa shape index (κ1) is 12.3. The third-order valence-corrected chi connectivity index (χ3v) is 3.27. The van der Waals surface area contributed by atoms with Crippen LogP contribution in [0.5, 0.6) is 0 Å². The van der Waals surface area contributed by atoms with E-state index in [4.69, 9.17) is 0 Å². The summed E-state index contributed by atoms with van der Waals surface area (Å²) < 4.78 is 1.12. The Labute approximate surface area is 111 Å². The predicted octanol–water partition coefficient (Wildman–Crippen LogP) is 4.23. The number of hydrogen-bond donors (Lipinski definition) is 1. The van der Waals surface area contributed by atoms with E-state index in [1.807, 2.05) is 0 Å². The van der Waals surface area contributed by atoms with Crippen LogP contribution in [0.4, 0.5) is 0 Å². The van der Waals surface area contributed by atoms with Crippen molar-refractivity contribution in [3.63, 3.8) is 0 Å². The van der Waals surface area contributed by atoms with Gasteiger partial charge in [-0.05, 0) is 35.4 Å². The number of halogens is 1. The number of rotatable bonds is 4. The maximum atomic E-state index is 3.47. The average molecular weight is 290 g/mol. The minimum Gasteiger partial charge on any atom is -0.313 e. The molecule has 1 N–H and O–H groups in total. The Morgan fingerprint density at radius 2 is 1.71 bits per heavy atom. The van der Waals surface area contributed by atoms with Crippen molar-refractivity contribution in [3.8, 4) is 11.1 Å². The molecule has 0 saturated carbocycles. The summed E-state index contributed by atoms with van der Waals surface area (Å²) in [6, 6.07) is 17.0. The van der Waals surface area contributed by atoms with E-state index in [1.54, 1.807) is 0 Å². The standard InChI is InChI=1S/C15H16BrN/c1-2-17-11-13-5-3-4-6-15(13)12-7-9-14(16)10-8-12/h3-10,17H,2,11H2,1H3. The van der Waals surface area contributed by atoms with E-state index in [0.717, 1.165) is 17.6 Å². The highest BCUT2D eigenvalue weighted by Gasteiger charge is 2.03. The second-order valence-corrected chi connectivity index (χ2v) is 4.86. The third kappa shape index (κ3) is 3.18. The van der Waals surface area contributed by atoms with Crippen molar-refractivity contribution in [2.75, 3.05) is 6.54 Å². The lowest BCUT2D eigenvalue weighted by Gasteiger charge is -2.10. The predicted molar refractivity (Wildman–Crippen MR) is 77.0 cm³/mol. The average Bonchev–Trinajstić information content (AvgIpc) is 2.38. The van der Waals surface area contributed by atoms with Gasteiger partial charge in [0.2, 0.25) is 0 Å². The van der Waals surface area contributed by atoms with Crippen LogP contribution in [-0.2, 0) is 6.54 Å². The van der Waals surface area contributed by atoms with Gasteiger partial charge in [0, 0.05) is 11.0 Å². The van der Waals surface area contributed by atoms with E-state index in [1.165, 1.54) is 16.7 Å². The lowest BCUT2D eigenvalue weighted by molar-refractivity contribution is 0.728. The highest BCUT2D eigenvalue weighted by molar-refractivity contribution is 9.10. The monoisotopic (exact) mass is 289 g/mol. The molecule has 0 aliphatic carbocycles. The first-order valence-corrected chi connectivity index (χ1v) is 6.65. The molecule has 0 bridgehead atoms.